The summed E-state index contributed by atoms with van der Waals surface area (Å²) in [6.45, 7) is 0.595. The van der Waals surface area contributed by atoms with E-state index >= 15 is 0 Å². The molecule has 2 unspecified atom stereocenters. The molecule has 1 fully saturated rings. The molecule has 0 aromatic heterocycles. The topological polar surface area (TPSA) is 53.7 Å². The summed E-state index contributed by atoms with van der Waals surface area (Å²) in [5.74, 6) is 1.48. The molecular formula is C14H21NO3. The molecule has 1 saturated carbocycles. The maximum Gasteiger partial charge on any atom is 0.161 e. The van der Waals surface area contributed by atoms with Crippen LogP contribution in [0.5, 0.6) is 11.5 Å². The van der Waals surface area contributed by atoms with E-state index in [1.165, 1.54) is 0 Å². The van der Waals surface area contributed by atoms with Crippen molar-refractivity contribution < 1.29 is 14.2 Å². The molecule has 2 atom stereocenters. The lowest BCUT2D eigenvalue weighted by Crippen LogP contribution is -2.17. The van der Waals surface area contributed by atoms with Gasteiger partial charge in [0.05, 0.1) is 26.9 Å². The number of ether oxygens (including phenoxy) is 3. The van der Waals surface area contributed by atoms with E-state index < -0.39 is 0 Å². The van der Waals surface area contributed by atoms with Crippen molar-refractivity contribution >= 4 is 0 Å². The first-order valence-electron chi connectivity index (χ1n) is 6.31. The van der Waals surface area contributed by atoms with Crippen LogP contribution in [-0.4, -0.2) is 26.4 Å². The van der Waals surface area contributed by atoms with Gasteiger partial charge in [0.2, 0.25) is 0 Å². The second kappa shape index (κ2) is 6.07. The maximum atomic E-state index is 5.86. The minimum Gasteiger partial charge on any atom is -0.493 e. The van der Waals surface area contributed by atoms with Gasteiger partial charge in [0.15, 0.2) is 11.5 Å². The fourth-order valence-electron chi connectivity index (χ4n) is 2.31. The highest BCUT2D eigenvalue weighted by molar-refractivity contribution is 5.42. The van der Waals surface area contributed by atoms with Gasteiger partial charge in [-0.2, -0.15) is 0 Å². The van der Waals surface area contributed by atoms with Crippen LogP contribution >= 0.6 is 0 Å². The highest BCUT2D eigenvalue weighted by Crippen LogP contribution is 2.28. The second-order valence-electron chi connectivity index (χ2n) is 4.70. The molecule has 0 heterocycles. The predicted octanol–water partition coefficient (Wildman–Crippen LogP) is 2.10. The van der Waals surface area contributed by atoms with E-state index in [1.807, 2.05) is 18.2 Å². The molecule has 4 nitrogen and oxygen atoms in total. The van der Waals surface area contributed by atoms with Gasteiger partial charge in [-0.3, -0.25) is 0 Å². The molecule has 0 spiro atoms. The fraction of sp³-hybridized carbons (Fsp3) is 0.571. The Hall–Kier alpha value is -1.26. The molecule has 1 aliphatic carbocycles. The molecule has 1 aromatic rings. The van der Waals surface area contributed by atoms with Crippen molar-refractivity contribution in [2.75, 3.05) is 14.2 Å². The van der Waals surface area contributed by atoms with Crippen molar-refractivity contribution in [3.8, 4) is 11.5 Å². The molecule has 0 saturated heterocycles. The van der Waals surface area contributed by atoms with Gasteiger partial charge >= 0.3 is 0 Å². The minimum absolute atomic E-state index is 0.299. The molecular weight excluding hydrogens is 230 g/mol. The normalized spacial score (nSPS) is 23.1. The van der Waals surface area contributed by atoms with Crippen LogP contribution in [0.3, 0.4) is 0 Å². The van der Waals surface area contributed by atoms with Gasteiger partial charge in [0, 0.05) is 6.04 Å². The van der Waals surface area contributed by atoms with Gasteiger partial charge in [-0.25, -0.2) is 0 Å². The van der Waals surface area contributed by atoms with Crippen LogP contribution < -0.4 is 15.2 Å². The van der Waals surface area contributed by atoms with E-state index in [-0.39, 0.29) is 0 Å². The van der Waals surface area contributed by atoms with Gasteiger partial charge in [-0.05, 0) is 37.0 Å². The smallest absolute Gasteiger partial charge is 0.161 e. The Morgan fingerprint density at radius 1 is 1.17 bits per heavy atom. The lowest BCUT2D eigenvalue weighted by Gasteiger charge is -2.13. The molecule has 1 aromatic carbocycles. The zero-order valence-electron chi connectivity index (χ0n) is 11.0. The van der Waals surface area contributed by atoms with Gasteiger partial charge < -0.3 is 19.9 Å². The van der Waals surface area contributed by atoms with Crippen LogP contribution in [0.25, 0.3) is 0 Å². The number of hydrogen-bond acceptors (Lipinski definition) is 4. The maximum absolute atomic E-state index is 5.86. The van der Waals surface area contributed by atoms with Crippen molar-refractivity contribution in [2.24, 2.45) is 5.73 Å². The van der Waals surface area contributed by atoms with E-state index in [1.54, 1.807) is 14.2 Å². The molecule has 100 valence electrons. The molecule has 4 heteroatoms. The second-order valence-corrected chi connectivity index (χ2v) is 4.70. The Morgan fingerprint density at radius 2 is 1.94 bits per heavy atom. The Labute approximate surface area is 108 Å². The number of benzene rings is 1. The lowest BCUT2D eigenvalue weighted by atomic mass is 10.2. The predicted molar refractivity (Wildman–Crippen MR) is 69.9 cm³/mol. The van der Waals surface area contributed by atoms with Gasteiger partial charge in [-0.15, -0.1) is 0 Å². The van der Waals surface area contributed by atoms with Crippen molar-refractivity contribution in [1.29, 1.82) is 0 Å². The molecule has 0 aliphatic heterocycles. The van der Waals surface area contributed by atoms with Crippen LogP contribution in [0.1, 0.15) is 24.8 Å². The highest BCUT2D eigenvalue weighted by Gasteiger charge is 2.22. The first-order valence-corrected chi connectivity index (χ1v) is 6.31. The summed E-state index contributed by atoms with van der Waals surface area (Å²) in [4.78, 5) is 0. The van der Waals surface area contributed by atoms with E-state index in [0.717, 1.165) is 36.3 Å². The Kier molecular flexibility index (Phi) is 4.44. The average Bonchev–Trinajstić information content (AvgIpc) is 2.81. The van der Waals surface area contributed by atoms with E-state index in [0.29, 0.717) is 18.8 Å². The summed E-state index contributed by atoms with van der Waals surface area (Å²) in [6, 6.07) is 6.15. The summed E-state index contributed by atoms with van der Waals surface area (Å²) >= 11 is 0. The van der Waals surface area contributed by atoms with Crippen molar-refractivity contribution in [3.05, 3.63) is 23.8 Å². The fourth-order valence-corrected chi connectivity index (χ4v) is 2.31. The molecule has 0 bridgehead atoms. The molecule has 0 amide bonds. The van der Waals surface area contributed by atoms with Crippen LogP contribution in [-0.2, 0) is 11.3 Å². The zero-order chi connectivity index (χ0) is 13.0. The number of nitrogens with two attached hydrogens (primary N) is 1. The van der Waals surface area contributed by atoms with Crippen molar-refractivity contribution in [2.45, 2.75) is 38.0 Å². The van der Waals surface area contributed by atoms with Crippen LogP contribution in [0.2, 0.25) is 0 Å². The van der Waals surface area contributed by atoms with Crippen molar-refractivity contribution in [1.82, 2.24) is 0 Å². The van der Waals surface area contributed by atoms with E-state index in [9.17, 15) is 0 Å². The van der Waals surface area contributed by atoms with Gasteiger partial charge in [0.25, 0.3) is 0 Å². The molecule has 2 rings (SSSR count). The SMILES string of the molecule is COc1ccc(COC2CCC(N)C2)cc1OC. The summed E-state index contributed by atoms with van der Waals surface area (Å²) < 4.78 is 16.3. The van der Waals surface area contributed by atoms with Crippen molar-refractivity contribution in [3.63, 3.8) is 0 Å². The summed E-state index contributed by atoms with van der Waals surface area (Å²) in [5.41, 5.74) is 6.95. The lowest BCUT2D eigenvalue weighted by molar-refractivity contribution is 0.0447. The Balaban J connectivity index is 1.93. The number of hydrogen-bond donors (Lipinski definition) is 1. The number of rotatable bonds is 5. The van der Waals surface area contributed by atoms with Gasteiger partial charge in [0.1, 0.15) is 0 Å². The third kappa shape index (κ3) is 3.15. The number of methoxy groups -OCH3 is 2. The largest absolute Gasteiger partial charge is 0.493 e. The molecule has 2 N–H and O–H groups in total. The third-order valence-electron chi connectivity index (χ3n) is 3.36. The zero-order valence-corrected chi connectivity index (χ0v) is 11.0. The summed E-state index contributed by atoms with van der Waals surface area (Å²) in [6.07, 6.45) is 3.39. The first-order chi connectivity index (χ1) is 8.72. The minimum atomic E-state index is 0.299. The summed E-state index contributed by atoms with van der Waals surface area (Å²) in [5, 5.41) is 0. The highest BCUT2D eigenvalue weighted by atomic mass is 16.5. The van der Waals surface area contributed by atoms with Crippen LogP contribution in [0.4, 0.5) is 0 Å². The Bertz CT molecular complexity index is 395. The molecule has 18 heavy (non-hydrogen) atoms. The third-order valence-corrected chi connectivity index (χ3v) is 3.36. The first kappa shape index (κ1) is 13.2. The average molecular weight is 251 g/mol. The molecule has 0 radical (unpaired) electrons. The standard InChI is InChI=1S/C14H21NO3/c1-16-13-6-3-10(7-14(13)17-2)9-18-12-5-4-11(15)8-12/h3,6-7,11-12H,4-5,8-9,15H2,1-2H3. The van der Waals surface area contributed by atoms with E-state index in [4.69, 9.17) is 19.9 Å². The van der Waals surface area contributed by atoms with Crippen LogP contribution in [0.15, 0.2) is 18.2 Å². The monoisotopic (exact) mass is 251 g/mol. The Morgan fingerprint density at radius 3 is 2.56 bits per heavy atom. The molecule has 1 aliphatic rings. The quantitative estimate of drug-likeness (QED) is 0.870. The van der Waals surface area contributed by atoms with Crippen LogP contribution in [0, 0.1) is 0 Å². The van der Waals surface area contributed by atoms with Gasteiger partial charge in [-0.1, -0.05) is 6.07 Å². The summed E-state index contributed by atoms with van der Waals surface area (Å²) in [7, 11) is 3.27. The van der Waals surface area contributed by atoms with E-state index in [2.05, 4.69) is 0 Å².